The molecule has 0 aromatic heterocycles. The lowest BCUT2D eigenvalue weighted by atomic mass is 10.2. The van der Waals surface area contributed by atoms with Crippen LogP contribution in [0, 0.1) is 5.82 Å². The Balaban J connectivity index is 2.87. The van der Waals surface area contributed by atoms with Crippen molar-refractivity contribution in [2.75, 3.05) is 40.5 Å². The highest BCUT2D eigenvalue weighted by atomic mass is 32.1. The maximum absolute atomic E-state index is 13.7. The van der Waals surface area contributed by atoms with Gasteiger partial charge in [-0.05, 0) is 18.2 Å². The fourth-order valence-corrected chi connectivity index (χ4v) is 1.77. The van der Waals surface area contributed by atoms with E-state index in [-0.39, 0.29) is 11.5 Å². The van der Waals surface area contributed by atoms with Gasteiger partial charge in [0, 0.05) is 32.2 Å². The van der Waals surface area contributed by atoms with Crippen molar-refractivity contribution in [3.05, 3.63) is 29.6 Å². The summed E-state index contributed by atoms with van der Waals surface area (Å²) in [5, 5.41) is 0. The van der Waals surface area contributed by atoms with E-state index in [2.05, 4.69) is 12.6 Å². The Hall–Kier alpha value is -1.11. The number of rotatable bonds is 7. The van der Waals surface area contributed by atoms with Gasteiger partial charge >= 0.3 is 0 Å². The van der Waals surface area contributed by atoms with Gasteiger partial charge in [0.05, 0.1) is 18.8 Å². The van der Waals surface area contributed by atoms with Crippen molar-refractivity contribution in [1.29, 1.82) is 0 Å². The Morgan fingerprint density at radius 2 is 1.84 bits per heavy atom. The van der Waals surface area contributed by atoms with Crippen molar-refractivity contribution in [1.82, 2.24) is 4.90 Å². The highest BCUT2D eigenvalue weighted by Gasteiger charge is 2.19. The third kappa shape index (κ3) is 4.81. The first-order valence-corrected chi connectivity index (χ1v) is 6.30. The predicted octanol–water partition coefficient (Wildman–Crippen LogP) is 1.85. The average Bonchev–Trinajstić information content (AvgIpc) is 2.41. The molecule has 0 radical (unpaired) electrons. The number of hydrogen-bond donors (Lipinski definition) is 1. The van der Waals surface area contributed by atoms with Crippen molar-refractivity contribution in [3.63, 3.8) is 0 Å². The van der Waals surface area contributed by atoms with Crippen LogP contribution in [-0.4, -0.2) is 51.3 Å². The molecule has 1 amide bonds. The van der Waals surface area contributed by atoms with E-state index in [0.29, 0.717) is 31.2 Å². The van der Waals surface area contributed by atoms with E-state index < -0.39 is 5.82 Å². The van der Waals surface area contributed by atoms with Crippen molar-refractivity contribution in [2.45, 2.75) is 4.90 Å². The number of amides is 1. The van der Waals surface area contributed by atoms with Crippen molar-refractivity contribution < 1.29 is 18.7 Å². The van der Waals surface area contributed by atoms with Gasteiger partial charge < -0.3 is 14.4 Å². The fraction of sp³-hybridized carbons (Fsp3) is 0.462. The summed E-state index contributed by atoms with van der Waals surface area (Å²) in [5.41, 5.74) is 0.0136. The van der Waals surface area contributed by atoms with Crippen LogP contribution >= 0.6 is 12.6 Å². The van der Waals surface area contributed by atoms with Crippen LogP contribution in [0.5, 0.6) is 0 Å². The third-order valence-electron chi connectivity index (χ3n) is 2.60. The largest absolute Gasteiger partial charge is 0.383 e. The molecule has 1 aromatic rings. The number of methoxy groups -OCH3 is 2. The van der Waals surface area contributed by atoms with Crippen LogP contribution in [0.3, 0.4) is 0 Å². The van der Waals surface area contributed by atoms with Gasteiger partial charge in [-0.3, -0.25) is 4.79 Å². The number of hydrogen-bond acceptors (Lipinski definition) is 4. The Kier molecular flexibility index (Phi) is 6.83. The summed E-state index contributed by atoms with van der Waals surface area (Å²) in [6.45, 7) is 1.54. The second-order valence-electron chi connectivity index (χ2n) is 3.94. The van der Waals surface area contributed by atoms with E-state index in [1.165, 1.54) is 23.1 Å². The van der Waals surface area contributed by atoms with E-state index in [0.717, 1.165) is 0 Å². The number of carbonyl (C=O) groups is 1. The van der Waals surface area contributed by atoms with Crippen molar-refractivity contribution in [3.8, 4) is 0 Å². The molecule has 0 atom stereocenters. The van der Waals surface area contributed by atoms with Crippen molar-refractivity contribution >= 4 is 18.5 Å². The first kappa shape index (κ1) is 15.9. The molecule has 4 nitrogen and oxygen atoms in total. The molecule has 0 aliphatic carbocycles. The second-order valence-corrected chi connectivity index (χ2v) is 4.46. The molecular formula is C13H18FNO3S. The number of halogens is 1. The van der Waals surface area contributed by atoms with Crippen LogP contribution in [0.15, 0.2) is 23.1 Å². The second kappa shape index (κ2) is 8.14. The number of carbonyl (C=O) groups excluding carboxylic acids is 1. The van der Waals surface area contributed by atoms with Gasteiger partial charge in [0.1, 0.15) is 5.82 Å². The summed E-state index contributed by atoms with van der Waals surface area (Å²) >= 11 is 4.12. The van der Waals surface area contributed by atoms with Crippen LogP contribution in [0.1, 0.15) is 10.4 Å². The standard InChI is InChI=1S/C13H18FNO3S/c1-17-7-5-15(6-8-18-2)13(16)11-9-10(19)3-4-12(11)14/h3-4,9,19H,5-8H2,1-2H3. The number of thiol groups is 1. The van der Waals surface area contributed by atoms with E-state index in [4.69, 9.17) is 9.47 Å². The van der Waals surface area contributed by atoms with Gasteiger partial charge in [-0.25, -0.2) is 4.39 Å². The zero-order valence-corrected chi connectivity index (χ0v) is 12.0. The summed E-state index contributed by atoms with van der Waals surface area (Å²) < 4.78 is 23.6. The lowest BCUT2D eigenvalue weighted by molar-refractivity contribution is 0.0622. The Morgan fingerprint density at radius 1 is 1.26 bits per heavy atom. The molecule has 106 valence electrons. The molecule has 0 unspecified atom stereocenters. The van der Waals surface area contributed by atoms with Crippen LogP contribution in [0.2, 0.25) is 0 Å². The number of ether oxygens (including phenoxy) is 2. The maximum atomic E-state index is 13.7. The zero-order chi connectivity index (χ0) is 14.3. The Morgan fingerprint density at radius 3 is 2.37 bits per heavy atom. The molecule has 1 aromatic carbocycles. The number of benzene rings is 1. The molecule has 0 heterocycles. The maximum Gasteiger partial charge on any atom is 0.257 e. The topological polar surface area (TPSA) is 38.8 Å². The molecule has 0 N–H and O–H groups in total. The predicted molar refractivity (Wildman–Crippen MR) is 73.3 cm³/mol. The van der Waals surface area contributed by atoms with E-state index in [9.17, 15) is 9.18 Å². The molecule has 19 heavy (non-hydrogen) atoms. The molecule has 0 fully saturated rings. The van der Waals surface area contributed by atoms with Gasteiger partial charge in [0.2, 0.25) is 0 Å². The minimum Gasteiger partial charge on any atom is -0.383 e. The molecule has 1 rings (SSSR count). The van der Waals surface area contributed by atoms with Gasteiger partial charge in [0.25, 0.3) is 5.91 Å². The lowest BCUT2D eigenvalue weighted by Gasteiger charge is -2.22. The highest BCUT2D eigenvalue weighted by molar-refractivity contribution is 7.80. The van der Waals surface area contributed by atoms with Gasteiger partial charge in [-0.2, -0.15) is 0 Å². The summed E-state index contributed by atoms with van der Waals surface area (Å²) in [6.07, 6.45) is 0. The monoisotopic (exact) mass is 287 g/mol. The zero-order valence-electron chi connectivity index (χ0n) is 11.1. The molecule has 0 saturated carbocycles. The third-order valence-corrected chi connectivity index (χ3v) is 2.88. The summed E-state index contributed by atoms with van der Waals surface area (Å²) in [7, 11) is 3.10. The summed E-state index contributed by atoms with van der Waals surface area (Å²) in [6, 6.07) is 4.16. The molecule has 0 aliphatic heterocycles. The molecule has 6 heteroatoms. The van der Waals surface area contributed by atoms with Crippen LogP contribution < -0.4 is 0 Å². The normalized spacial score (nSPS) is 10.5. The smallest absolute Gasteiger partial charge is 0.257 e. The van der Waals surface area contributed by atoms with Crippen molar-refractivity contribution in [2.24, 2.45) is 0 Å². The molecular weight excluding hydrogens is 269 g/mol. The van der Waals surface area contributed by atoms with Crippen LogP contribution in [0.4, 0.5) is 4.39 Å². The van der Waals surface area contributed by atoms with Gasteiger partial charge in [-0.15, -0.1) is 12.6 Å². The van der Waals surface area contributed by atoms with Gasteiger partial charge in [-0.1, -0.05) is 0 Å². The average molecular weight is 287 g/mol. The first-order valence-electron chi connectivity index (χ1n) is 5.85. The summed E-state index contributed by atoms with van der Waals surface area (Å²) in [5.74, 6) is -0.940. The fourth-order valence-electron chi connectivity index (χ4n) is 1.57. The SMILES string of the molecule is COCCN(CCOC)C(=O)c1cc(S)ccc1F. The summed E-state index contributed by atoms with van der Waals surface area (Å²) in [4.78, 5) is 14.3. The Labute approximate surface area is 117 Å². The van der Waals surface area contributed by atoms with E-state index >= 15 is 0 Å². The van der Waals surface area contributed by atoms with E-state index in [1.54, 1.807) is 14.2 Å². The lowest BCUT2D eigenvalue weighted by Crippen LogP contribution is -2.37. The molecule has 0 aliphatic rings. The Bertz CT molecular complexity index is 420. The van der Waals surface area contributed by atoms with Crippen LogP contribution in [0.25, 0.3) is 0 Å². The molecule has 0 saturated heterocycles. The molecule has 0 spiro atoms. The van der Waals surface area contributed by atoms with Gasteiger partial charge in [0.15, 0.2) is 0 Å². The quantitative estimate of drug-likeness (QED) is 0.778. The highest BCUT2D eigenvalue weighted by Crippen LogP contribution is 2.15. The minimum atomic E-state index is -0.553. The minimum absolute atomic E-state index is 0.0136. The van der Waals surface area contributed by atoms with Crippen LogP contribution in [-0.2, 0) is 9.47 Å². The van der Waals surface area contributed by atoms with E-state index in [1.807, 2.05) is 0 Å². The number of nitrogens with zero attached hydrogens (tertiary/aromatic N) is 1. The first-order chi connectivity index (χ1) is 9.10. The molecule has 0 bridgehead atoms.